The Labute approximate surface area is 121 Å². The van der Waals surface area contributed by atoms with Gasteiger partial charge in [-0.05, 0) is 36.2 Å². The standard InChI is InChI=1S/C15H16N4S/c1-3-11-4-5-12(20-11)14-13(15(16)19(2)18-14)10-6-8-17-9-7-10/h4-9H,3,16H2,1-2H3. The summed E-state index contributed by atoms with van der Waals surface area (Å²) >= 11 is 1.77. The van der Waals surface area contributed by atoms with E-state index in [4.69, 9.17) is 5.73 Å². The topological polar surface area (TPSA) is 56.7 Å². The summed E-state index contributed by atoms with van der Waals surface area (Å²) in [6.45, 7) is 2.16. The van der Waals surface area contributed by atoms with E-state index in [2.05, 4.69) is 29.1 Å². The molecule has 0 aromatic carbocycles. The highest BCUT2D eigenvalue weighted by molar-refractivity contribution is 7.15. The highest BCUT2D eigenvalue weighted by Crippen LogP contribution is 2.38. The number of pyridine rings is 1. The van der Waals surface area contributed by atoms with Crippen molar-refractivity contribution in [3.8, 4) is 21.7 Å². The van der Waals surface area contributed by atoms with Crippen LogP contribution in [0.5, 0.6) is 0 Å². The van der Waals surface area contributed by atoms with Crippen LogP contribution in [0.25, 0.3) is 21.7 Å². The fraction of sp³-hybridized carbons (Fsp3) is 0.200. The molecule has 0 aliphatic carbocycles. The van der Waals surface area contributed by atoms with Crippen molar-refractivity contribution in [2.45, 2.75) is 13.3 Å². The molecule has 102 valence electrons. The van der Waals surface area contributed by atoms with Crippen LogP contribution in [0.1, 0.15) is 11.8 Å². The van der Waals surface area contributed by atoms with E-state index in [0.29, 0.717) is 5.82 Å². The zero-order chi connectivity index (χ0) is 14.1. The average Bonchev–Trinajstić information content (AvgIpc) is 3.06. The number of thiophene rings is 1. The Morgan fingerprint density at radius 3 is 2.60 bits per heavy atom. The third kappa shape index (κ3) is 2.10. The highest BCUT2D eigenvalue weighted by Gasteiger charge is 2.18. The summed E-state index contributed by atoms with van der Waals surface area (Å²) in [5.41, 5.74) is 9.18. The fourth-order valence-corrected chi connectivity index (χ4v) is 3.15. The summed E-state index contributed by atoms with van der Waals surface area (Å²) in [4.78, 5) is 6.57. The Kier molecular flexibility index (Phi) is 3.28. The molecular weight excluding hydrogens is 268 g/mol. The quantitative estimate of drug-likeness (QED) is 0.802. The minimum Gasteiger partial charge on any atom is -0.383 e. The van der Waals surface area contributed by atoms with Gasteiger partial charge >= 0.3 is 0 Å². The number of nitrogen functional groups attached to an aromatic ring is 1. The number of nitrogens with zero attached hydrogens (tertiary/aromatic N) is 3. The molecule has 0 bridgehead atoms. The van der Waals surface area contributed by atoms with E-state index in [1.54, 1.807) is 28.4 Å². The number of aromatic nitrogens is 3. The molecule has 20 heavy (non-hydrogen) atoms. The van der Waals surface area contributed by atoms with Crippen LogP contribution in [0.4, 0.5) is 5.82 Å². The number of nitrogens with two attached hydrogens (primary N) is 1. The summed E-state index contributed by atoms with van der Waals surface area (Å²) in [5.74, 6) is 0.678. The summed E-state index contributed by atoms with van der Waals surface area (Å²) in [6.07, 6.45) is 4.59. The van der Waals surface area contributed by atoms with Gasteiger partial charge in [-0.1, -0.05) is 6.92 Å². The number of rotatable bonds is 3. The second-order valence-corrected chi connectivity index (χ2v) is 5.76. The van der Waals surface area contributed by atoms with Gasteiger partial charge in [-0.15, -0.1) is 11.3 Å². The molecule has 3 heterocycles. The van der Waals surface area contributed by atoms with E-state index < -0.39 is 0 Å². The van der Waals surface area contributed by atoms with Crippen LogP contribution in [0.15, 0.2) is 36.7 Å². The average molecular weight is 284 g/mol. The predicted molar refractivity (Wildman–Crippen MR) is 83.5 cm³/mol. The van der Waals surface area contributed by atoms with Crippen molar-refractivity contribution in [2.24, 2.45) is 7.05 Å². The van der Waals surface area contributed by atoms with Crippen LogP contribution in [0, 0.1) is 0 Å². The number of hydrogen-bond donors (Lipinski definition) is 1. The summed E-state index contributed by atoms with van der Waals surface area (Å²) < 4.78 is 1.73. The van der Waals surface area contributed by atoms with Crippen molar-refractivity contribution in [2.75, 3.05) is 5.73 Å². The SMILES string of the molecule is CCc1ccc(-c2nn(C)c(N)c2-c2ccncc2)s1. The number of aryl methyl sites for hydroxylation is 2. The second kappa shape index (κ2) is 5.09. The van der Waals surface area contributed by atoms with E-state index in [1.165, 1.54) is 4.88 Å². The Balaban J connectivity index is 2.19. The van der Waals surface area contributed by atoms with E-state index in [0.717, 1.165) is 28.1 Å². The number of hydrogen-bond acceptors (Lipinski definition) is 4. The van der Waals surface area contributed by atoms with Gasteiger partial charge in [-0.3, -0.25) is 9.67 Å². The molecule has 0 saturated heterocycles. The van der Waals surface area contributed by atoms with Crippen molar-refractivity contribution in [3.05, 3.63) is 41.5 Å². The van der Waals surface area contributed by atoms with Crippen molar-refractivity contribution in [1.29, 1.82) is 0 Å². The molecule has 0 atom stereocenters. The molecule has 0 spiro atoms. The van der Waals surface area contributed by atoms with Crippen LogP contribution >= 0.6 is 11.3 Å². The molecule has 0 radical (unpaired) electrons. The van der Waals surface area contributed by atoms with Gasteiger partial charge < -0.3 is 5.73 Å². The minimum absolute atomic E-state index is 0.678. The minimum atomic E-state index is 0.678. The third-order valence-electron chi connectivity index (χ3n) is 3.30. The molecule has 3 rings (SSSR count). The molecule has 0 saturated carbocycles. The van der Waals surface area contributed by atoms with Crippen LogP contribution in [-0.4, -0.2) is 14.8 Å². The van der Waals surface area contributed by atoms with Crippen molar-refractivity contribution in [3.63, 3.8) is 0 Å². The first-order valence-electron chi connectivity index (χ1n) is 6.52. The lowest BCUT2D eigenvalue weighted by Gasteiger charge is -2.02. The summed E-state index contributed by atoms with van der Waals surface area (Å²) in [6, 6.07) is 8.20. The van der Waals surface area contributed by atoms with Gasteiger partial charge in [-0.2, -0.15) is 5.10 Å². The van der Waals surface area contributed by atoms with Gasteiger partial charge in [0.15, 0.2) is 0 Å². The fourth-order valence-electron chi connectivity index (χ4n) is 2.21. The second-order valence-electron chi connectivity index (χ2n) is 4.59. The Bertz CT molecular complexity index is 728. The van der Waals surface area contributed by atoms with Gasteiger partial charge in [-0.25, -0.2) is 0 Å². The van der Waals surface area contributed by atoms with Crippen LogP contribution in [0.3, 0.4) is 0 Å². The van der Waals surface area contributed by atoms with Gasteiger partial charge in [0.1, 0.15) is 11.5 Å². The Morgan fingerprint density at radius 2 is 1.95 bits per heavy atom. The Hall–Kier alpha value is -2.14. The van der Waals surface area contributed by atoms with E-state index in [-0.39, 0.29) is 0 Å². The molecule has 0 aliphatic heterocycles. The van der Waals surface area contributed by atoms with Gasteiger partial charge in [0.25, 0.3) is 0 Å². The van der Waals surface area contributed by atoms with E-state index >= 15 is 0 Å². The van der Waals surface area contributed by atoms with Crippen LogP contribution in [0.2, 0.25) is 0 Å². The molecule has 0 amide bonds. The smallest absolute Gasteiger partial charge is 0.129 e. The maximum atomic E-state index is 6.20. The van der Waals surface area contributed by atoms with E-state index in [9.17, 15) is 0 Å². The lowest BCUT2D eigenvalue weighted by Crippen LogP contribution is -1.97. The van der Waals surface area contributed by atoms with Crippen LogP contribution < -0.4 is 5.73 Å². The lowest BCUT2D eigenvalue weighted by atomic mass is 10.1. The molecule has 3 aromatic heterocycles. The molecular formula is C15H16N4S. The first-order valence-corrected chi connectivity index (χ1v) is 7.34. The highest BCUT2D eigenvalue weighted by atomic mass is 32.1. The molecule has 5 heteroatoms. The molecule has 2 N–H and O–H groups in total. The first-order chi connectivity index (χ1) is 9.70. The number of anilines is 1. The van der Waals surface area contributed by atoms with Crippen molar-refractivity contribution >= 4 is 17.2 Å². The largest absolute Gasteiger partial charge is 0.383 e. The molecule has 4 nitrogen and oxygen atoms in total. The lowest BCUT2D eigenvalue weighted by molar-refractivity contribution is 0.783. The molecule has 0 fully saturated rings. The zero-order valence-electron chi connectivity index (χ0n) is 11.5. The van der Waals surface area contributed by atoms with Crippen molar-refractivity contribution in [1.82, 2.24) is 14.8 Å². The van der Waals surface area contributed by atoms with E-state index in [1.807, 2.05) is 19.2 Å². The maximum absolute atomic E-state index is 6.20. The molecule has 3 aromatic rings. The maximum Gasteiger partial charge on any atom is 0.129 e. The Morgan fingerprint density at radius 1 is 1.20 bits per heavy atom. The van der Waals surface area contributed by atoms with Crippen LogP contribution in [-0.2, 0) is 13.5 Å². The predicted octanol–water partition coefficient (Wildman–Crippen LogP) is 3.36. The van der Waals surface area contributed by atoms with Gasteiger partial charge in [0.05, 0.1) is 10.4 Å². The normalized spacial score (nSPS) is 10.9. The summed E-state index contributed by atoms with van der Waals surface area (Å²) in [7, 11) is 1.87. The molecule has 0 unspecified atom stereocenters. The third-order valence-corrected chi connectivity index (χ3v) is 4.54. The van der Waals surface area contributed by atoms with Gasteiger partial charge in [0, 0.05) is 24.3 Å². The zero-order valence-corrected chi connectivity index (χ0v) is 12.3. The molecule has 0 aliphatic rings. The van der Waals surface area contributed by atoms with Crippen molar-refractivity contribution < 1.29 is 0 Å². The first kappa shape index (κ1) is 12.9. The summed E-state index contributed by atoms with van der Waals surface area (Å²) in [5, 5.41) is 4.59. The monoisotopic (exact) mass is 284 g/mol. The van der Waals surface area contributed by atoms with Gasteiger partial charge in [0.2, 0.25) is 0 Å².